The van der Waals surface area contributed by atoms with Gasteiger partial charge in [0, 0.05) is 34.0 Å². The summed E-state index contributed by atoms with van der Waals surface area (Å²) in [5, 5.41) is 0. The Kier molecular flexibility index (Phi) is 7.40. The van der Waals surface area contributed by atoms with Crippen molar-refractivity contribution in [2.24, 2.45) is 0 Å². The topological polar surface area (TPSA) is 46.2 Å². The lowest BCUT2D eigenvalue weighted by molar-refractivity contribution is 0.123. The highest BCUT2D eigenvalue weighted by Crippen LogP contribution is 2.26. The maximum Gasteiger partial charge on any atom is 0.500 e. The molecular weight excluding hydrogens is 296 g/mol. The van der Waals surface area contributed by atoms with Crippen LogP contribution in [-0.4, -0.2) is 54.3 Å². The molecule has 0 aromatic carbocycles. The van der Waals surface area contributed by atoms with E-state index in [2.05, 4.69) is 13.1 Å². The van der Waals surface area contributed by atoms with E-state index in [-0.39, 0.29) is 0 Å². The second-order valence-electron chi connectivity index (χ2n) is 5.04. The van der Waals surface area contributed by atoms with Gasteiger partial charge >= 0.3 is 17.4 Å². The van der Waals surface area contributed by atoms with E-state index in [0.29, 0.717) is 0 Å². The molecule has 1 unspecified atom stereocenters. The van der Waals surface area contributed by atoms with Crippen LogP contribution in [0.15, 0.2) is 0 Å². The molecular formula is C11H27O5Si3. The van der Waals surface area contributed by atoms with Crippen molar-refractivity contribution in [1.29, 1.82) is 0 Å². The molecule has 1 fully saturated rings. The van der Waals surface area contributed by atoms with Gasteiger partial charge in [0.15, 0.2) is 9.04 Å². The molecule has 5 nitrogen and oxygen atoms in total. The first-order chi connectivity index (χ1) is 8.99. The minimum atomic E-state index is -2.51. The second-order valence-corrected chi connectivity index (χ2v) is 13.9. The molecule has 1 aliphatic heterocycles. The number of hydrogen-bond donors (Lipinski definition) is 0. The van der Waals surface area contributed by atoms with E-state index in [1.807, 2.05) is 0 Å². The summed E-state index contributed by atoms with van der Waals surface area (Å²) in [4.78, 5) is 0. The molecule has 1 aliphatic rings. The summed E-state index contributed by atoms with van der Waals surface area (Å²) in [7, 11) is -0.377. The summed E-state index contributed by atoms with van der Waals surface area (Å²) < 4.78 is 28.8. The fraction of sp³-hybridized carbons (Fsp3) is 1.00. The molecule has 0 aromatic rings. The predicted molar refractivity (Wildman–Crippen MR) is 80.7 cm³/mol. The lowest BCUT2D eigenvalue weighted by Crippen LogP contribution is -2.49. The first kappa shape index (κ1) is 17.5. The Hall–Kier alpha value is 0.451. The van der Waals surface area contributed by atoms with Crippen LogP contribution < -0.4 is 0 Å². The lowest BCUT2D eigenvalue weighted by atomic mass is 10.4. The van der Waals surface area contributed by atoms with E-state index >= 15 is 0 Å². The van der Waals surface area contributed by atoms with E-state index < -0.39 is 26.4 Å². The molecule has 1 saturated heterocycles. The zero-order valence-corrected chi connectivity index (χ0v) is 15.8. The van der Waals surface area contributed by atoms with Crippen molar-refractivity contribution in [2.75, 3.05) is 27.9 Å². The lowest BCUT2D eigenvalue weighted by Gasteiger charge is -2.34. The van der Waals surface area contributed by atoms with Crippen LogP contribution in [0.3, 0.4) is 0 Å². The predicted octanol–water partition coefficient (Wildman–Crippen LogP) is 2.38. The van der Waals surface area contributed by atoms with Crippen LogP contribution in [0.2, 0.25) is 31.2 Å². The molecule has 0 aromatic heterocycles. The summed E-state index contributed by atoms with van der Waals surface area (Å²) in [5.74, 6) is 0. The third kappa shape index (κ3) is 5.38. The molecule has 1 rings (SSSR count). The van der Waals surface area contributed by atoms with Gasteiger partial charge in [-0.1, -0.05) is 6.42 Å². The zero-order valence-electron chi connectivity index (χ0n) is 12.8. The van der Waals surface area contributed by atoms with Gasteiger partial charge in [-0.05, 0) is 31.6 Å². The monoisotopic (exact) mass is 323 g/mol. The van der Waals surface area contributed by atoms with Gasteiger partial charge in [-0.15, -0.1) is 0 Å². The van der Waals surface area contributed by atoms with Crippen LogP contribution in [0, 0.1) is 0 Å². The van der Waals surface area contributed by atoms with Gasteiger partial charge in [0.05, 0.1) is 0 Å². The van der Waals surface area contributed by atoms with Gasteiger partial charge in [-0.3, -0.25) is 0 Å². The van der Waals surface area contributed by atoms with Crippen LogP contribution in [0.1, 0.15) is 12.8 Å². The normalized spacial score (nSPS) is 27.0. The molecule has 1 heterocycles. The second kappa shape index (κ2) is 8.03. The number of hydrogen-bond acceptors (Lipinski definition) is 5. The SMILES string of the molecule is CO[Si](CC[Si]1(C)OCCCC[Si](C)O1)(OC)OC. The van der Waals surface area contributed by atoms with E-state index in [4.69, 9.17) is 21.8 Å². The maximum absolute atomic E-state index is 6.28. The molecule has 0 bridgehead atoms. The molecule has 1 radical (unpaired) electrons. The molecule has 0 amide bonds. The summed E-state index contributed by atoms with van der Waals surface area (Å²) in [6, 6.07) is 2.85. The van der Waals surface area contributed by atoms with Crippen LogP contribution >= 0.6 is 0 Å². The Bertz CT molecular complexity index is 256. The summed E-state index contributed by atoms with van der Waals surface area (Å²) in [6.45, 7) is 5.21. The van der Waals surface area contributed by atoms with Crippen molar-refractivity contribution < 1.29 is 21.8 Å². The maximum atomic E-state index is 6.28. The zero-order chi connectivity index (χ0) is 14.4. The molecule has 19 heavy (non-hydrogen) atoms. The molecule has 113 valence electrons. The van der Waals surface area contributed by atoms with Gasteiger partial charge in [0.1, 0.15) is 0 Å². The van der Waals surface area contributed by atoms with Crippen LogP contribution in [0.25, 0.3) is 0 Å². The molecule has 8 heteroatoms. The first-order valence-electron chi connectivity index (χ1n) is 6.80. The molecule has 0 saturated carbocycles. The van der Waals surface area contributed by atoms with E-state index in [1.54, 1.807) is 21.3 Å². The van der Waals surface area contributed by atoms with Gasteiger partial charge in [0.2, 0.25) is 0 Å². The van der Waals surface area contributed by atoms with Crippen molar-refractivity contribution in [3.8, 4) is 0 Å². The van der Waals surface area contributed by atoms with E-state index in [9.17, 15) is 0 Å². The van der Waals surface area contributed by atoms with Crippen LogP contribution in [-0.2, 0) is 21.8 Å². The highest BCUT2D eigenvalue weighted by molar-refractivity contribution is 6.75. The number of rotatable bonds is 6. The molecule has 0 aliphatic carbocycles. The van der Waals surface area contributed by atoms with E-state index in [0.717, 1.165) is 25.1 Å². The third-order valence-electron chi connectivity index (χ3n) is 3.54. The van der Waals surface area contributed by atoms with Crippen molar-refractivity contribution in [3.05, 3.63) is 0 Å². The average molecular weight is 324 g/mol. The summed E-state index contributed by atoms with van der Waals surface area (Å²) in [6.07, 6.45) is 2.37. The quantitative estimate of drug-likeness (QED) is 0.702. The highest BCUT2D eigenvalue weighted by Gasteiger charge is 2.43. The minimum Gasteiger partial charge on any atom is -0.436 e. The average Bonchev–Trinajstić information content (AvgIpc) is 2.39. The molecule has 0 N–H and O–H groups in total. The largest absolute Gasteiger partial charge is 0.500 e. The van der Waals surface area contributed by atoms with Crippen molar-refractivity contribution in [3.63, 3.8) is 0 Å². The van der Waals surface area contributed by atoms with E-state index in [1.165, 1.54) is 12.5 Å². The Morgan fingerprint density at radius 1 is 1.16 bits per heavy atom. The Morgan fingerprint density at radius 3 is 2.37 bits per heavy atom. The van der Waals surface area contributed by atoms with Crippen LogP contribution in [0.4, 0.5) is 0 Å². The van der Waals surface area contributed by atoms with Gasteiger partial charge in [0.25, 0.3) is 0 Å². The summed E-state index contributed by atoms with van der Waals surface area (Å²) in [5.41, 5.74) is 0. The minimum absolute atomic E-state index is 0.715. The standard InChI is InChI=1S/C11H27O5Si3/c1-12-19(13-2,14-3)11-10-18(5)15-8-6-7-9-17(4)16-18/h6-11H2,1-5H3. The third-order valence-corrected chi connectivity index (χ3v) is 12.9. The van der Waals surface area contributed by atoms with Crippen LogP contribution in [0.5, 0.6) is 0 Å². The first-order valence-corrected chi connectivity index (χ1v) is 13.4. The van der Waals surface area contributed by atoms with Crippen molar-refractivity contribution in [1.82, 2.24) is 0 Å². The molecule has 1 atom stereocenters. The van der Waals surface area contributed by atoms with Gasteiger partial charge in [-0.25, -0.2) is 0 Å². The fourth-order valence-corrected chi connectivity index (χ4v) is 11.9. The summed E-state index contributed by atoms with van der Waals surface area (Å²) >= 11 is 0. The highest BCUT2D eigenvalue weighted by atomic mass is 28.4. The Morgan fingerprint density at radius 2 is 1.79 bits per heavy atom. The van der Waals surface area contributed by atoms with Gasteiger partial charge in [-0.2, -0.15) is 0 Å². The smallest absolute Gasteiger partial charge is 0.436 e. The Balaban J connectivity index is 2.60. The molecule has 0 spiro atoms. The Labute approximate surface area is 120 Å². The van der Waals surface area contributed by atoms with Crippen molar-refractivity contribution >= 4 is 26.4 Å². The van der Waals surface area contributed by atoms with Gasteiger partial charge < -0.3 is 21.8 Å². The fourth-order valence-electron chi connectivity index (χ4n) is 2.27. The van der Waals surface area contributed by atoms with Crippen molar-refractivity contribution in [2.45, 2.75) is 44.1 Å².